The molecule has 0 aromatic heterocycles. The molecule has 17 heavy (non-hydrogen) atoms. The van der Waals surface area contributed by atoms with Crippen LogP contribution in [0.5, 0.6) is 0 Å². The van der Waals surface area contributed by atoms with Crippen molar-refractivity contribution in [2.45, 2.75) is 39.7 Å². The minimum atomic E-state index is 0.347. The Kier molecular flexibility index (Phi) is 5.66. The molecule has 1 aromatic carbocycles. The Morgan fingerprint density at radius 1 is 1.18 bits per heavy atom. The van der Waals surface area contributed by atoms with Crippen molar-refractivity contribution in [2.75, 3.05) is 20.1 Å². The molecule has 0 aliphatic heterocycles. The van der Waals surface area contributed by atoms with Crippen LogP contribution in [0.3, 0.4) is 0 Å². The molecule has 0 saturated heterocycles. The van der Waals surface area contributed by atoms with E-state index in [1.54, 1.807) is 0 Å². The van der Waals surface area contributed by atoms with Crippen LogP contribution in [0, 0.1) is 13.8 Å². The van der Waals surface area contributed by atoms with E-state index in [-0.39, 0.29) is 0 Å². The number of hydrogen-bond donors (Lipinski definition) is 1. The summed E-state index contributed by atoms with van der Waals surface area (Å²) < 4.78 is 0. The Balaban J connectivity index is 2.84. The highest BCUT2D eigenvalue weighted by molar-refractivity contribution is 5.30. The van der Waals surface area contributed by atoms with Gasteiger partial charge in [0.05, 0.1) is 0 Å². The Morgan fingerprint density at radius 2 is 1.76 bits per heavy atom. The third-order valence-corrected chi connectivity index (χ3v) is 3.25. The topological polar surface area (TPSA) is 29.3 Å². The third-order valence-electron chi connectivity index (χ3n) is 3.25. The largest absolute Gasteiger partial charge is 0.329 e. The molecular formula is C15H26N2. The lowest BCUT2D eigenvalue weighted by molar-refractivity contribution is 0.246. The van der Waals surface area contributed by atoms with Crippen LogP contribution in [0.15, 0.2) is 18.2 Å². The van der Waals surface area contributed by atoms with Crippen molar-refractivity contribution < 1.29 is 0 Å². The van der Waals surface area contributed by atoms with Gasteiger partial charge in [-0.2, -0.15) is 0 Å². The summed E-state index contributed by atoms with van der Waals surface area (Å²) in [5, 5.41) is 0. The van der Waals surface area contributed by atoms with E-state index in [2.05, 4.69) is 50.9 Å². The van der Waals surface area contributed by atoms with Gasteiger partial charge < -0.3 is 5.73 Å². The van der Waals surface area contributed by atoms with Crippen LogP contribution in [-0.4, -0.2) is 25.0 Å². The van der Waals surface area contributed by atoms with Gasteiger partial charge >= 0.3 is 0 Å². The minimum Gasteiger partial charge on any atom is -0.329 e. The highest BCUT2D eigenvalue weighted by atomic mass is 15.1. The molecule has 2 heteroatoms. The van der Waals surface area contributed by atoms with E-state index in [0.29, 0.717) is 12.6 Å². The molecule has 0 heterocycles. The summed E-state index contributed by atoms with van der Waals surface area (Å²) in [7, 11) is 2.17. The van der Waals surface area contributed by atoms with E-state index >= 15 is 0 Å². The zero-order chi connectivity index (χ0) is 12.8. The molecule has 0 fully saturated rings. The van der Waals surface area contributed by atoms with Gasteiger partial charge in [0, 0.05) is 12.6 Å². The smallest absolute Gasteiger partial charge is 0.0467 e. The van der Waals surface area contributed by atoms with Gasteiger partial charge in [-0.15, -0.1) is 0 Å². The first kappa shape index (κ1) is 14.2. The maximum atomic E-state index is 5.94. The van der Waals surface area contributed by atoms with E-state index in [9.17, 15) is 0 Å². The van der Waals surface area contributed by atoms with Crippen LogP contribution >= 0.6 is 0 Å². The van der Waals surface area contributed by atoms with Crippen molar-refractivity contribution in [2.24, 2.45) is 5.73 Å². The van der Waals surface area contributed by atoms with E-state index in [1.165, 1.54) is 29.5 Å². The van der Waals surface area contributed by atoms with Crippen LogP contribution in [-0.2, 0) is 0 Å². The lowest BCUT2D eigenvalue weighted by atomic mass is 10.0. The number of aryl methyl sites for hydroxylation is 2. The average molecular weight is 234 g/mol. The molecule has 0 saturated carbocycles. The van der Waals surface area contributed by atoms with E-state index in [1.807, 2.05) is 0 Å². The summed E-state index contributed by atoms with van der Waals surface area (Å²) in [4.78, 5) is 2.37. The van der Waals surface area contributed by atoms with Gasteiger partial charge in [0.25, 0.3) is 0 Å². The maximum Gasteiger partial charge on any atom is 0.0467 e. The number of nitrogens with two attached hydrogens (primary N) is 1. The molecular weight excluding hydrogens is 208 g/mol. The summed E-state index contributed by atoms with van der Waals surface area (Å²) in [6.07, 6.45) is 2.46. The molecule has 0 amide bonds. The highest BCUT2D eigenvalue weighted by Gasteiger charge is 2.15. The van der Waals surface area contributed by atoms with Gasteiger partial charge in [-0.25, -0.2) is 0 Å². The molecule has 96 valence electrons. The van der Waals surface area contributed by atoms with Crippen molar-refractivity contribution in [3.63, 3.8) is 0 Å². The normalized spacial score (nSPS) is 13.1. The second-order valence-corrected chi connectivity index (χ2v) is 5.01. The van der Waals surface area contributed by atoms with Gasteiger partial charge in [-0.05, 0) is 39.4 Å². The molecule has 0 radical (unpaired) electrons. The fourth-order valence-corrected chi connectivity index (χ4v) is 2.34. The number of benzene rings is 1. The molecule has 0 spiro atoms. The summed E-state index contributed by atoms with van der Waals surface area (Å²) >= 11 is 0. The molecule has 0 bridgehead atoms. The Hall–Kier alpha value is -0.860. The van der Waals surface area contributed by atoms with Crippen LogP contribution < -0.4 is 5.73 Å². The first-order chi connectivity index (χ1) is 8.08. The van der Waals surface area contributed by atoms with Crippen molar-refractivity contribution in [1.29, 1.82) is 0 Å². The lowest BCUT2D eigenvalue weighted by Crippen LogP contribution is -2.31. The molecule has 0 aliphatic carbocycles. The van der Waals surface area contributed by atoms with Crippen LogP contribution in [0.2, 0.25) is 0 Å². The van der Waals surface area contributed by atoms with Crippen molar-refractivity contribution in [3.05, 3.63) is 34.9 Å². The third kappa shape index (κ3) is 4.14. The number of rotatable bonds is 6. The number of likely N-dealkylation sites (N-methyl/N-ethyl adjacent to an activating group) is 1. The van der Waals surface area contributed by atoms with E-state index < -0.39 is 0 Å². The van der Waals surface area contributed by atoms with Gasteiger partial charge in [-0.1, -0.05) is 42.7 Å². The van der Waals surface area contributed by atoms with Crippen LogP contribution in [0.25, 0.3) is 0 Å². The SMILES string of the molecule is CCCCN(C)C(CN)c1cc(C)cc(C)c1. The monoisotopic (exact) mass is 234 g/mol. The van der Waals surface area contributed by atoms with E-state index in [0.717, 1.165) is 6.54 Å². The molecule has 2 nitrogen and oxygen atoms in total. The summed E-state index contributed by atoms with van der Waals surface area (Å²) in [5.74, 6) is 0. The van der Waals surface area contributed by atoms with Gasteiger partial charge in [-0.3, -0.25) is 4.90 Å². The van der Waals surface area contributed by atoms with Gasteiger partial charge in [0.2, 0.25) is 0 Å². The highest BCUT2D eigenvalue weighted by Crippen LogP contribution is 2.21. The predicted molar refractivity (Wildman–Crippen MR) is 75.2 cm³/mol. The quantitative estimate of drug-likeness (QED) is 0.819. The summed E-state index contributed by atoms with van der Waals surface area (Å²) in [6, 6.07) is 7.07. The standard InChI is InChI=1S/C15H26N2/c1-5-6-7-17(4)15(11-16)14-9-12(2)8-13(3)10-14/h8-10,15H,5-7,11,16H2,1-4H3. The zero-order valence-corrected chi connectivity index (χ0v) is 11.7. The Morgan fingerprint density at radius 3 is 2.24 bits per heavy atom. The minimum absolute atomic E-state index is 0.347. The molecule has 2 N–H and O–H groups in total. The first-order valence-corrected chi connectivity index (χ1v) is 6.57. The zero-order valence-electron chi connectivity index (χ0n) is 11.7. The van der Waals surface area contributed by atoms with Gasteiger partial charge in [0.1, 0.15) is 0 Å². The van der Waals surface area contributed by atoms with Crippen LogP contribution in [0.1, 0.15) is 42.5 Å². The average Bonchev–Trinajstić information content (AvgIpc) is 2.26. The molecule has 1 atom stereocenters. The number of nitrogens with zero attached hydrogens (tertiary/aromatic N) is 1. The second kappa shape index (κ2) is 6.77. The van der Waals surface area contributed by atoms with Gasteiger partial charge in [0.15, 0.2) is 0 Å². The first-order valence-electron chi connectivity index (χ1n) is 6.57. The number of hydrogen-bond acceptors (Lipinski definition) is 2. The fraction of sp³-hybridized carbons (Fsp3) is 0.600. The molecule has 1 rings (SSSR count). The Labute approximate surface area is 106 Å². The maximum absolute atomic E-state index is 5.94. The van der Waals surface area contributed by atoms with Crippen molar-refractivity contribution in [3.8, 4) is 0 Å². The lowest BCUT2D eigenvalue weighted by Gasteiger charge is -2.27. The predicted octanol–water partition coefficient (Wildman–Crippen LogP) is 3.04. The summed E-state index contributed by atoms with van der Waals surface area (Å²) in [5.41, 5.74) is 9.93. The fourth-order valence-electron chi connectivity index (χ4n) is 2.34. The molecule has 0 aliphatic rings. The number of unbranched alkanes of at least 4 members (excludes halogenated alkanes) is 1. The second-order valence-electron chi connectivity index (χ2n) is 5.01. The van der Waals surface area contributed by atoms with E-state index in [4.69, 9.17) is 5.73 Å². The van der Waals surface area contributed by atoms with Crippen LogP contribution in [0.4, 0.5) is 0 Å². The van der Waals surface area contributed by atoms with Crippen molar-refractivity contribution in [1.82, 2.24) is 4.90 Å². The summed E-state index contributed by atoms with van der Waals surface area (Å²) in [6.45, 7) is 8.32. The molecule has 1 unspecified atom stereocenters. The molecule has 1 aromatic rings. The Bertz CT molecular complexity index is 327. The van der Waals surface area contributed by atoms with Crippen molar-refractivity contribution >= 4 is 0 Å².